The SMILES string of the molecule is N#Cc1cccc(Nc2ncc(C(=O)NCCc3ccc(F)cc3)cn2)c1. The fourth-order valence-electron chi connectivity index (χ4n) is 2.38. The number of anilines is 2. The monoisotopic (exact) mass is 361 g/mol. The second kappa shape index (κ2) is 8.54. The van der Waals surface area contributed by atoms with Crippen molar-refractivity contribution in [3.05, 3.63) is 83.4 Å². The van der Waals surface area contributed by atoms with Crippen LogP contribution in [-0.4, -0.2) is 22.4 Å². The van der Waals surface area contributed by atoms with Crippen molar-refractivity contribution >= 4 is 17.5 Å². The fraction of sp³-hybridized carbons (Fsp3) is 0.100. The molecule has 3 rings (SSSR count). The van der Waals surface area contributed by atoms with Gasteiger partial charge in [-0.3, -0.25) is 4.79 Å². The smallest absolute Gasteiger partial charge is 0.254 e. The van der Waals surface area contributed by atoms with Crippen molar-refractivity contribution in [1.29, 1.82) is 5.26 Å². The van der Waals surface area contributed by atoms with E-state index < -0.39 is 0 Å². The van der Waals surface area contributed by atoms with Crippen LogP contribution in [0.3, 0.4) is 0 Å². The van der Waals surface area contributed by atoms with Gasteiger partial charge in [0, 0.05) is 24.6 Å². The summed E-state index contributed by atoms with van der Waals surface area (Å²) in [7, 11) is 0. The van der Waals surface area contributed by atoms with Crippen LogP contribution in [0.5, 0.6) is 0 Å². The Morgan fingerprint density at radius 3 is 2.56 bits per heavy atom. The number of aromatic nitrogens is 2. The number of carbonyl (C=O) groups excluding carboxylic acids is 1. The zero-order valence-electron chi connectivity index (χ0n) is 14.3. The summed E-state index contributed by atoms with van der Waals surface area (Å²) in [6.45, 7) is 0.422. The maximum Gasteiger partial charge on any atom is 0.254 e. The van der Waals surface area contributed by atoms with E-state index in [0.29, 0.717) is 35.7 Å². The third-order valence-corrected chi connectivity index (χ3v) is 3.77. The molecule has 1 amide bonds. The molecule has 3 aromatic rings. The Bertz CT molecular complexity index is 965. The molecule has 27 heavy (non-hydrogen) atoms. The number of nitrogens with one attached hydrogen (secondary N) is 2. The number of rotatable bonds is 6. The number of benzene rings is 2. The molecule has 0 bridgehead atoms. The van der Waals surface area contributed by atoms with Crippen molar-refractivity contribution in [1.82, 2.24) is 15.3 Å². The maximum atomic E-state index is 12.9. The second-order valence-electron chi connectivity index (χ2n) is 5.75. The average Bonchev–Trinajstić information content (AvgIpc) is 2.70. The highest BCUT2D eigenvalue weighted by molar-refractivity contribution is 5.93. The second-order valence-corrected chi connectivity index (χ2v) is 5.75. The number of nitriles is 1. The molecule has 2 N–H and O–H groups in total. The summed E-state index contributed by atoms with van der Waals surface area (Å²) in [4.78, 5) is 20.4. The van der Waals surface area contributed by atoms with E-state index in [1.807, 2.05) is 0 Å². The first-order valence-electron chi connectivity index (χ1n) is 8.26. The van der Waals surface area contributed by atoms with E-state index in [2.05, 4.69) is 26.7 Å². The number of hydrogen-bond acceptors (Lipinski definition) is 5. The molecule has 2 aromatic carbocycles. The van der Waals surface area contributed by atoms with E-state index in [1.165, 1.54) is 24.5 Å². The van der Waals surface area contributed by atoms with Crippen molar-refractivity contribution in [3.8, 4) is 6.07 Å². The number of amides is 1. The van der Waals surface area contributed by atoms with Crippen molar-refractivity contribution in [2.24, 2.45) is 0 Å². The van der Waals surface area contributed by atoms with Crippen molar-refractivity contribution in [2.75, 3.05) is 11.9 Å². The highest BCUT2D eigenvalue weighted by atomic mass is 19.1. The van der Waals surface area contributed by atoms with E-state index >= 15 is 0 Å². The molecule has 0 spiro atoms. The van der Waals surface area contributed by atoms with Crippen molar-refractivity contribution in [2.45, 2.75) is 6.42 Å². The summed E-state index contributed by atoms with van der Waals surface area (Å²) in [5.74, 6) is -0.240. The van der Waals surface area contributed by atoms with Crippen LogP contribution in [0.25, 0.3) is 0 Å². The van der Waals surface area contributed by atoms with Gasteiger partial charge in [0.1, 0.15) is 5.82 Å². The van der Waals surface area contributed by atoms with Crippen LogP contribution in [0.1, 0.15) is 21.5 Å². The van der Waals surface area contributed by atoms with E-state index in [4.69, 9.17) is 5.26 Å². The predicted octanol–water partition coefficient (Wildman–Crippen LogP) is 3.20. The highest BCUT2D eigenvalue weighted by Crippen LogP contribution is 2.14. The summed E-state index contributed by atoms with van der Waals surface area (Å²) in [6, 6.07) is 15.1. The summed E-state index contributed by atoms with van der Waals surface area (Å²) >= 11 is 0. The molecule has 0 fully saturated rings. The van der Waals surface area contributed by atoms with E-state index in [9.17, 15) is 9.18 Å². The summed E-state index contributed by atoms with van der Waals surface area (Å²) < 4.78 is 12.9. The first-order valence-corrected chi connectivity index (χ1v) is 8.26. The van der Waals surface area contributed by atoms with E-state index in [0.717, 1.165) is 5.56 Å². The van der Waals surface area contributed by atoms with Gasteiger partial charge in [-0.1, -0.05) is 18.2 Å². The van der Waals surface area contributed by atoms with Crippen LogP contribution in [-0.2, 0) is 6.42 Å². The molecule has 0 saturated heterocycles. The predicted molar refractivity (Wildman–Crippen MR) is 98.9 cm³/mol. The number of carbonyl (C=O) groups is 1. The molecule has 6 nitrogen and oxygen atoms in total. The summed E-state index contributed by atoms with van der Waals surface area (Å²) in [6.07, 6.45) is 3.45. The van der Waals surface area contributed by atoms with Gasteiger partial charge >= 0.3 is 0 Å². The molecule has 0 aliphatic carbocycles. The van der Waals surface area contributed by atoms with Crippen LogP contribution < -0.4 is 10.6 Å². The molecule has 0 radical (unpaired) electrons. The molecule has 0 unspecified atom stereocenters. The summed E-state index contributed by atoms with van der Waals surface area (Å²) in [5, 5.41) is 14.7. The first-order chi connectivity index (χ1) is 13.1. The zero-order chi connectivity index (χ0) is 19.1. The molecule has 0 saturated carbocycles. The largest absolute Gasteiger partial charge is 0.352 e. The number of hydrogen-bond donors (Lipinski definition) is 2. The average molecular weight is 361 g/mol. The lowest BCUT2D eigenvalue weighted by atomic mass is 10.1. The molecule has 1 aromatic heterocycles. The van der Waals surface area contributed by atoms with Gasteiger partial charge in [0.15, 0.2) is 0 Å². The molecule has 0 aliphatic heterocycles. The molecule has 134 valence electrons. The lowest BCUT2D eigenvalue weighted by Crippen LogP contribution is -2.26. The van der Waals surface area contributed by atoms with Crippen LogP contribution >= 0.6 is 0 Å². The Hall–Kier alpha value is -3.79. The van der Waals surface area contributed by atoms with Crippen LogP contribution in [0.2, 0.25) is 0 Å². The molecule has 0 atom stereocenters. The van der Waals surface area contributed by atoms with Crippen molar-refractivity contribution < 1.29 is 9.18 Å². The van der Waals surface area contributed by atoms with Gasteiger partial charge in [-0.25, -0.2) is 14.4 Å². The minimum absolute atomic E-state index is 0.282. The Kier molecular flexibility index (Phi) is 5.70. The normalized spacial score (nSPS) is 10.1. The van der Waals surface area contributed by atoms with Gasteiger partial charge in [0.25, 0.3) is 5.91 Å². The molecular formula is C20H16FN5O. The van der Waals surface area contributed by atoms with Gasteiger partial charge in [-0.2, -0.15) is 5.26 Å². The number of halogens is 1. The Morgan fingerprint density at radius 2 is 1.85 bits per heavy atom. The summed E-state index contributed by atoms with van der Waals surface area (Å²) in [5.41, 5.74) is 2.49. The van der Waals surface area contributed by atoms with Crippen LogP contribution in [0.15, 0.2) is 60.9 Å². The maximum absolute atomic E-state index is 12.9. The standard InChI is InChI=1S/C20H16FN5O/c21-17-6-4-14(5-7-17)8-9-23-19(27)16-12-24-20(25-13-16)26-18-3-1-2-15(10-18)11-22/h1-7,10,12-13H,8-9H2,(H,23,27)(H,24,25,26). The molecule has 0 aliphatic rings. The molecular weight excluding hydrogens is 345 g/mol. The quantitative estimate of drug-likeness (QED) is 0.704. The van der Waals surface area contributed by atoms with E-state index in [-0.39, 0.29) is 11.7 Å². The number of nitrogens with zero attached hydrogens (tertiary/aromatic N) is 3. The van der Waals surface area contributed by atoms with E-state index in [1.54, 1.807) is 36.4 Å². The van der Waals surface area contributed by atoms with Gasteiger partial charge in [0.05, 0.1) is 17.2 Å². The van der Waals surface area contributed by atoms with Crippen molar-refractivity contribution in [3.63, 3.8) is 0 Å². The van der Waals surface area contributed by atoms with Crippen LogP contribution in [0.4, 0.5) is 16.0 Å². The molecule has 7 heteroatoms. The van der Waals surface area contributed by atoms with Gasteiger partial charge in [0.2, 0.25) is 5.95 Å². The van der Waals surface area contributed by atoms with Gasteiger partial charge in [-0.15, -0.1) is 0 Å². The Balaban J connectivity index is 1.53. The molecule has 1 heterocycles. The zero-order valence-corrected chi connectivity index (χ0v) is 14.3. The highest BCUT2D eigenvalue weighted by Gasteiger charge is 2.07. The Labute approximate surface area is 155 Å². The lowest BCUT2D eigenvalue weighted by Gasteiger charge is -2.07. The first kappa shape index (κ1) is 18.0. The topological polar surface area (TPSA) is 90.7 Å². The Morgan fingerprint density at radius 1 is 1.11 bits per heavy atom. The van der Waals surface area contributed by atoms with Gasteiger partial charge in [-0.05, 0) is 42.3 Å². The minimum atomic E-state index is -0.284. The fourth-order valence-corrected chi connectivity index (χ4v) is 2.38. The van der Waals surface area contributed by atoms with Crippen LogP contribution in [0, 0.1) is 17.1 Å². The third kappa shape index (κ3) is 5.09. The van der Waals surface area contributed by atoms with Gasteiger partial charge < -0.3 is 10.6 Å². The lowest BCUT2D eigenvalue weighted by molar-refractivity contribution is 0.0953. The third-order valence-electron chi connectivity index (χ3n) is 3.77. The minimum Gasteiger partial charge on any atom is -0.352 e.